The van der Waals surface area contributed by atoms with Crippen molar-refractivity contribution < 1.29 is 27.2 Å². The van der Waals surface area contributed by atoms with E-state index in [0.29, 0.717) is 18.7 Å². The normalized spacial score (nSPS) is 17.0. The summed E-state index contributed by atoms with van der Waals surface area (Å²) in [6.07, 6.45) is -0.581. The molecule has 1 aromatic carbocycles. The van der Waals surface area contributed by atoms with E-state index in [-0.39, 0.29) is 23.0 Å². The van der Waals surface area contributed by atoms with E-state index < -0.39 is 29.5 Å². The van der Waals surface area contributed by atoms with Gasteiger partial charge in [0.1, 0.15) is 5.82 Å². The molecule has 11 heteroatoms. The van der Waals surface area contributed by atoms with Crippen molar-refractivity contribution in [1.29, 1.82) is 0 Å². The zero-order valence-corrected chi connectivity index (χ0v) is 15.1. The summed E-state index contributed by atoms with van der Waals surface area (Å²) in [5, 5.41) is 8.27. The number of primary amides is 1. The van der Waals surface area contributed by atoms with Crippen molar-refractivity contribution >= 4 is 17.6 Å². The maximum atomic E-state index is 13.9. The highest BCUT2D eigenvalue weighted by atomic mass is 19.4. The summed E-state index contributed by atoms with van der Waals surface area (Å²) in [7, 11) is 0. The maximum absolute atomic E-state index is 13.9. The Bertz CT molecular complexity index is 919. The Morgan fingerprint density at radius 2 is 2.00 bits per heavy atom. The number of rotatable bonds is 4. The number of piperidine rings is 1. The molecule has 0 unspecified atom stereocenters. The van der Waals surface area contributed by atoms with E-state index in [4.69, 9.17) is 5.73 Å². The van der Waals surface area contributed by atoms with Gasteiger partial charge < -0.3 is 26.3 Å². The van der Waals surface area contributed by atoms with Crippen LogP contribution >= 0.6 is 0 Å². The first-order valence-electron chi connectivity index (χ1n) is 8.82. The van der Waals surface area contributed by atoms with Crippen LogP contribution in [0.5, 0.6) is 0 Å². The van der Waals surface area contributed by atoms with Gasteiger partial charge in [-0.2, -0.15) is 13.2 Å². The number of amides is 3. The van der Waals surface area contributed by atoms with E-state index in [0.717, 1.165) is 25.5 Å². The number of nitrogens with two attached hydrogens (primary N) is 1. The zero-order chi connectivity index (χ0) is 21.2. The molecule has 5 N–H and O–H groups in total. The molecule has 3 rings (SSSR count). The van der Waals surface area contributed by atoms with Crippen LogP contribution in [-0.2, 0) is 6.18 Å². The highest BCUT2D eigenvalue weighted by Crippen LogP contribution is 2.32. The van der Waals surface area contributed by atoms with E-state index in [1.54, 1.807) is 0 Å². The lowest BCUT2D eigenvalue weighted by atomic mass is 10.1. The molecule has 1 saturated heterocycles. The number of benzene rings is 1. The molecule has 2 heterocycles. The van der Waals surface area contributed by atoms with Crippen molar-refractivity contribution in [3.8, 4) is 5.69 Å². The summed E-state index contributed by atoms with van der Waals surface area (Å²) >= 11 is 0. The third-order valence-electron chi connectivity index (χ3n) is 4.52. The van der Waals surface area contributed by atoms with Gasteiger partial charge in [-0.25, -0.2) is 9.18 Å². The maximum Gasteiger partial charge on any atom is 0.419 e. The molecule has 1 aliphatic heterocycles. The molecule has 0 bridgehead atoms. The van der Waals surface area contributed by atoms with Crippen LogP contribution in [0.2, 0.25) is 0 Å². The lowest BCUT2D eigenvalue weighted by molar-refractivity contribution is -0.140. The second-order valence-corrected chi connectivity index (χ2v) is 6.66. The van der Waals surface area contributed by atoms with Crippen molar-refractivity contribution in [3.63, 3.8) is 0 Å². The molecule has 1 aliphatic rings. The topological polar surface area (TPSA) is 101 Å². The summed E-state index contributed by atoms with van der Waals surface area (Å²) < 4.78 is 53.4. The monoisotopic (exact) mass is 413 g/mol. The lowest BCUT2D eigenvalue weighted by Gasteiger charge is -2.23. The van der Waals surface area contributed by atoms with Crippen LogP contribution < -0.4 is 21.7 Å². The van der Waals surface area contributed by atoms with Crippen molar-refractivity contribution in [2.45, 2.75) is 25.1 Å². The highest BCUT2D eigenvalue weighted by molar-refractivity contribution is 6.03. The molecule has 0 spiro atoms. The highest BCUT2D eigenvalue weighted by Gasteiger charge is 2.34. The minimum Gasteiger partial charge on any atom is -0.351 e. The Balaban J connectivity index is 1.91. The number of hydrogen-bond acceptors (Lipinski definition) is 3. The number of carbonyl (C=O) groups excluding carboxylic acids is 2. The fourth-order valence-corrected chi connectivity index (χ4v) is 3.15. The smallest absolute Gasteiger partial charge is 0.351 e. The van der Waals surface area contributed by atoms with Gasteiger partial charge in [0.05, 0.1) is 16.8 Å². The van der Waals surface area contributed by atoms with E-state index in [1.165, 1.54) is 17.0 Å². The van der Waals surface area contributed by atoms with Gasteiger partial charge in [0.15, 0.2) is 0 Å². The first-order valence-corrected chi connectivity index (χ1v) is 8.82. The van der Waals surface area contributed by atoms with Gasteiger partial charge >= 0.3 is 12.2 Å². The summed E-state index contributed by atoms with van der Waals surface area (Å²) in [4.78, 5) is 23.9. The molecular weight excluding hydrogens is 394 g/mol. The molecular formula is C18H19F4N5O2. The minimum absolute atomic E-state index is 0.0430. The van der Waals surface area contributed by atoms with Crippen LogP contribution in [0.4, 0.5) is 28.0 Å². The molecule has 1 atom stereocenters. The van der Waals surface area contributed by atoms with E-state index >= 15 is 0 Å². The summed E-state index contributed by atoms with van der Waals surface area (Å²) in [6.45, 7) is 1.45. The second kappa shape index (κ2) is 8.11. The van der Waals surface area contributed by atoms with Crippen LogP contribution in [0.1, 0.15) is 28.8 Å². The Morgan fingerprint density at radius 1 is 1.24 bits per heavy atom. The fraction of sp³-hybridized carbons (Fsp3) is 0.333. The molecule has 29 heavy (non-hydrogen) atoms. The summed E-state index contributed by atoms with van der Waals surface area (Å²) in [5.41, 5.74) is 3.88. The molecule has 1 aromatic heterocycles. The Labute approximate surface area is 163 Å². The van der Waals surface area contributed by atoms with Gasteiger partial charge in [0.25, 0.3) is 5.91 Å². The predicted molar refractivity (Wildman–Crippen MR) is 97.3 cm³/mol. The number of carbonyl (C=O) groups is 2. The van der Waals surface area contributed by atoms with Crippen LogP contribution in [0.15, 0.2) is 30.6 Å². The number of anilines is 1. The fourth-order valence-electron chi connectivity index (χ4n) is 3.15. The Kier molecular flexibility index (Phi) is 5.78. The molecule has 7 nitrogen and oxygen atoms in total. The molecule has 0 saturated carbocycles. The van der Waals surface area contributed by atoms with Gasteiger partial charge in [-0.15, -0.1) is 0 Å². The Hall–Kier alpha value is -3.08. The van der Waals surface area contributed by atoms with E-state index in [9.17, 15) is 27.2 Å². The first kappa shape index (κ1) is 20.6. The first-order chi connectivity index (χ1) is 13.6. The molecule has 156 valence electrons. The number of alkyl halides is 3. The summed E-state index contributed by atoms with van der Waals surface area (Å²) in [6, 6.07) is 1.34. The largest absolute Gasteiger partial charge is 0.419 e. The SMILES string of the molecule is NC(=O)Nc1cn(-c2ccc(C(F)(F)F)c(F)c2)cc1C(=O)N[C@H]1CCCNC1. The van der Waals surface area contributed by atoms with Crippen LogP contribution in [0, 0.1) is 5.82 Å². The third-order valence-corrected chi connectivity index (χ3v) is 4.52. The third kappa shape index (κ3) is 4.86. The molecule has 0 radical (unpaired) electrons. The molecule has 2 aromatic rings. The van der Waals surface area contributed by atoms with Crippen molar-refractivity contribution in [1.82, 2.24) is 15.2 Å². The second-order valence-electron chi connectivity index (χ2n) is 6.66. The van der Waals surface area contributed by atoms with Crippen LogP contribution in [0.3, 0.4) is 0 Å². The predicted octanol–water partition coefficient (Wildman–Crippen LogP) is 2.61. The van der Waals surface area contributed by atoms with Gasteiger partial charge in [0, 0.05) is 30.7 Å². The molecule has 0 aliphatic carbocycles. The average Bonchev–Trinajstić information content (AvgIpc) is 3.04. The van der Waals surface area contributed by atoms with Gasteiger partial charge in [0.2, 0.25) is 0 Å². The quantitative estimate of drug-likeness (QED) is 0.580. The number of urea groups is 1. The lowest BCUT2D eigenvalue weighted by Crippen LogP contribution is -2.45. The van der Waals surface area contributed by atoms with Gasteiger partial charge in [-0.3, -0.25) is 4.79 Å². The number of aromatic nitrogens is 1. The van der Waals surface area contributed by atoms with Crippen LogP contribution in [-0.4, -0.2) is 35.6 Å². The minimum atomic E-state index is -4.82. The number of hydrogen-bond donors (Lipinski definition) is 4. The standard InChI is InChI=1S/C18H19F4N5O2/c19-14-6-11(3-4-13(14)18(20,21)22)27-8-12(15(9-27)26-17(23)29)16(28)25-10-2-1-5-24-7-10/h3-4,6,8-10,24H,1-2,5,7H2,(H,25,28)(H3,23,26,29)/t10-/m0/s1. The van der Waals surface area contributed by atoms with Crippen LogP contribution in [0.25, 0.3) is 5.69 Å². The van der Waals surface area contributed by atoms with E-state index in [2.05, 4.69) is 16.0 Å². The van der Waals surface area contributed by atoms with Gasteiger partial charge in [-0.05, 0) is 37.6 Å². The number of halogens is 4. The van der Waals surface area contributed by atoms with Crippen molar-refractivity contribution in [3.05, 3.63) is 47.5 Å². The Morgan fingerprint density at radius 3 is 2.59 bits per heavy atom. The zero-order valence-electron chi connectivity index (χ0n) is 15.1. The van der Waals surface area contributed by atoms with Gasteiger partial charge in [-0.1, -0.05) is 0 Å². The van der Waals surface area contributed by atoms with Crippen molar-refractivity contribution in [2.24, 2.45) is 5.73 Å². The van der Waals surface area contributed by atoms with E-state index in [1.807, 2.05) is 0 Å². The van der Waals surface area contributed by atoms with Crippen molar-refractivity contribution in [2.75, 3.05) is 18.4 Å². The molecule has 3 amide bonds. The number of nitrogens with one attached hydrogen (secondary N) is 3. The average molecular weight is 413 g/mol. The summed E-state index contributed by atoms with van der Waals surface area (Å²) in [5.74, 6) is -1.94. The number of nitrogens with zero attached hydrogens (tertiary/aromatic N) is 1. The molecule has 1 fully saturated rings.